The quantitative estimate of drug-likeness (QED) is 0.580. The third kappa shape index (κ3) is 1.45. The van der Waals surface area contributed by atoms with Gasteiger partial charge in [-0.3, -0.25) is 4.79 Å². The Labute approximate surface area is 101 Å². The molecule has 0 saturated carbocycles. The van der Waals surface area contributed by atoms with Gasteiger partial charge < -0.3 is 0 Å². The first-order valence-electron chi connectivity index (χ1n) is 4.33. The van der Waals surface area contributed by atoms with Crippen molar-refractivity contribution < 1.29 is 4.79 Å². The molecule has 0 radical (unpaired) electrons. The fourth-order valence-corrected chi connectivity index (χ4v) is 2.03. The fourth-order valence-electron chi connectivity index (χ4n) is 1.42. The van der Waals surface area contributed by atoms with E-state index in [0.29, 0.717) is 11.1 Å². The molecule has 16 heavy (non-hydrogen) atoms. The molecule has 2 rings (SSSR count). The normalized spacial score (nSPS) is 10.4. The van der Waals surface area contributed by atoms with Gasteiger partial charge in [0.15, 0.2) is 5.78 Å². The molecule has 2 aromatic rings. The number of carbonyl (C=O) groups excluding carboxylic acids is 1. The van der Waals surface area contributed by atoms with Crippen molar-refractivity contribution in [3.05, 3.63) is 33.6 Å². The van der Waals surface area contributed by atoms with E-state index in [4.69, 9.17) is 28.5 Å². The third-order valence-corrected chi connectivity index (χ3v) is 2.83. The van der Waals surface area contributed by atoms with Crippen molar-refractivity contribution in [2.24, 2.45) is 0 Å². The lowest BCUT2D eigenvalue weighted by molar-refractivity contribution is 0.101. The van der Waals surface area contributed by atoms with E-state index in [0.717, 1.165) is 0 Å². The van der Waals surface area contributed by atoms with E-state index < -0.39 is 0 Å². The van der Waals surface area contributed by atoms with E-state index in [9.17, 15) is 4.79 Å². The van der Waals surface area contributed by atoms with Gasteiger partial charge in [0.05, 0.1) is 22.3 Å². The Kier molecular flexibility index (Phi) is 2.58. The van der Waals surface area contributed by atoms with Crippen molar-refractivity contribution in [2.45, 2.75) is 6.92 Å². The average molecular weight is 254 g/mol. The molecule has 0 aliphatic rings. The highest BCUT2D eigenvalue weighted by molar-refractivity contribution is 6.37. The van der Waals surface area contributed by atoms with Gasteiger partial charge in [0.1, 0.15) is 16.7 Å². The summed E-state index contributed by atoms with van der Waals surface area (Å²) in [6, 6.07) is 3.40. The van der Waals surface area contributed by atoms with Crippen LogP contribution in [0, 0.1) is 11.3 Å². The largest absolute Gasteiger partial charge is 0.294 e. The van der Waals surface area contributed by atoms with Crippen molar-refractivity contribution in [2.75, 3.05) is 0 Å². The molecule has 2 aromatic heterocycles. The lowest BCUT2D eigenvalue weighted by atomic mass is 10.2. The van der Waals surface area contributed by atoms with Crippen LogP contribution in [-0.4, -0.2) is 15.4 Å². The molecule has 2 heterocycles. The summed E-state index contributed by atoms with van der Waals surface area (Å²) in [6.07, 6.45) is 1.36. The molecule has 6 heteroatoms. The van der Waals surface area contributed by atoms with Crippen LogP contribution >= 0.6 is 23.2 Å². The first-order chi connectivity index (χ1) is 7.56. The van der Waals surface area contributed by atoms with Crippen molar-refractivity contribution in [1.82, 2.24) is 9.61 Å². The van der Waals surface area contributed by atoms with Crippen LogP contribution in [0.25, 0.3) is 5.52 Å². The summed E-state index contributed by atoms with van der Waals surface area (Å²) in [5, 5.41) is 13.2. The molecular weight excluding hydrogens is 249 g/mol. The molecule has 0 bridgehead atoms. The van der Waals surface area contributed by atoms with E-state index >= 15 is 0 Å². The number of carbonyl (C=O) groups is 1. The maximum atomic E-state index is 11.3. The maximum Gasteiger partial charge on any atom is 0.162 e. The van der Waals surface area contributed by atoms with E-state index in [2.05, 4.69) is 5.10 Å². The molecule has 0 spiro atoms. The Morgan fingerprint density at radius 3 is 2.81 bits per heavy atom. The van der Waals surface area contributed by atoms with E-state index in [1.54, 1.807) is 0 Å². The first kappa shape index (κ1) is 10.9. The zero-order valence-corrected chi connectivity index (χ0v) is 9.67. The number of ketones is 1. The molecule has 0 saturated heterocycles. The second-order valence-electron chi connectivity index (χ2n) is 3.18. The Morgan fingerprint density at radius 1 is 1.56 bits per heavy atom. The molecule has 0 aliphatic carbocycles. The van der Waals surface area contributed by atoms with Crippen molar-refractivity contribution in [1.29, 1.82) is 5.26 Å². The van der Waals surface area contributed by atoms with Crippen LogP contribution in [0.4, 0.5) is 0 Å². The van der Waals surface area contributed by atoms with Gasteiger partial charge in [-0.1, -0.05) is 23.2 Å². The average Bonchev–Trinajstić information content (AvgIpc) is 2.67. The number of pyridine rings is 1. The summed E-state index contributed by atoms with van der Waals surface area (Å²) in [5.74, 6) is -0.206. The van der Waals surface area contributed by atoms with Gasteiger partial charge in [0.2, 0.25) is 0 Å². The van der Waals surface area contributed by atoms with Crippen LogP contribution in [0.15, 0.2) is 12.3 Å². The standard InChI is InChI=1S/C10H5Cl2N3O/c1-5(16)7-2-8(11)9-6(3-13)4-14-15(9)10(7)12/h2,4H,1H3. The van der Waals surface area contributed by atoms with E-state index in [-0.39, 0.29) is 21.5 Å². The van der Waals surface area contributed by atoms with Gasteiger partial charge >= 0.3 is 0 Å². The molecule has 0 atom stereocenters. The summed E-state index contributed by atoms with van der Waals surface area (Å²) in [5.41, 5.74) is 1.02. The Balaban J connectivity index is 2.93. The van der Waals surface area contributed by atoms with Gasteiger partial charge in [-0.05, 0) is 13.0 Å². The lowest BCUT2D eigenvalue weighted by Gasteiger charge is -2.04. The summed E-state index contributed by atoms with van der Waals surface area (Å²) in [7, 11) is 0. The number of Topliss-reactive ketones (excluding diaryl/α,β-unsaturated/α-hetero) is 1. The third-order valence-electron chi connectivity index (χ3n) is 2.17. The topological polar surface area (TPSA) is 58.2 Å². The summed E-state index contributed by atoms with van der Waals surface area (Å²) < 4.78 is 1.29. The van der Waals surface area contributed by atoms with Crippen LogP contribution in [0.2, 0.25) is 10.2 Å². The molecular formula is C10H5Cl2N3O. The molecule has 0 N–H and O–H groups in total. The second kappa shape index (κ2) is 3.78. The SMILES string of the molecule is CC(=O)c1cc(Cl)c2c(C#N)cnn2c1Cl. The molecule has 0 fully saturated rings. The van der Waals surface area contributed by atoms with Crippen LogP contribution < -0.4 is 0 Å². The molecule has 0 aromatic carbocycles. The van der Waals surface area contributed by atoms with Crippen LogP contribution in [0.5, 0.6) is 0 Å². The van der Waals surface area contributed by atoms with Crippen molar-refractivity contribution in [3.63, 3.8) is 0 Å². The highest BCUT2D eigenvalue weighted by atomic mass is 35.5. The minimum absolute atomic E-state index is 0.161. The highest BCUT2D eigenvalue weighted by Crippen LogP contribution is 2.28. The minimum atomic E-state index is -0.206. The smallest absolute Gasteiger partial charge is 0.162 e. The van der Waals surface area contributed by atoms with Crippen molar-refractivity contribution in [3.8, 4) is 6.07 Å². The highest BCUT2D eigenvalue weighted by Gasteiger charge is 2.16. The van der Waals surface area contributed by atoms with Gasteiger partial charge in [0.25, 0.3) is 0 Å². The van der Waals surface area contributed by atoms with Gasteiger partial charge in [-0.2, -0.15) is 10.4 Å². The molecule has 4 nitrogen and oxygen atoms in total. The van der Waals surface area contributed by atoms with Gasteiger partial charge in [-0.25, -0.2) is 4.52 Å². The van der Waals surface area contributed by atoms with Gasteiger partial charge in [-0.15, -0.1) is 0 Å². The molecule has 0 amide bonds. The molecule has 0 aliphatic heterocycles. The number of hydrogen-bond acceptors (Lipinski definition) is 3. The lowest BCUT2D eigenvalue weighted by Crippen LogP contribution is -2.00. The number of aromatic nitrogens is 2. The monoisotopic (exact) mass is 253 g/mol. The fraction of sp³-hybridized carbons (Fsp3) is 0.100. The second-order valence-corrected chi connectivity index (χ2v) is 3.95. The number of fused-ring (bicyclic) bond motifs is 1. The van der Waals surface area contributed by atoms with Gasteiger partial charge in [0, 0.05) is 0 Å². The summed E-state index contributed by atoms with van der Waals surface area (Å²) in [6.45, 7) is 1.39. The zero-order chi connectivity index (χ0) is 11.9. The van der Waals surface area contributed by atoms with E-state index in [1.807, 2.05) is 6.07 Å². The Morgan fingerprint density at radius 2 is 2.25 bits per heavy atom. The minimum Gasteiger partial charge on any atom is -0.294 e. The van der Waals surface area contributed by atoms with Crippen molar-refractivity contribution >= 4 is 34.5 Å². The summed E-state index contributed by atoms with van der Waals surface area (Å²) >= 11 is 12.0. The number of nitriles is 1. The number of rotatable bonds is 1. The Bertz CT molecular complexity index is 640. The van der Waals surface area contributed by atoms with Crippen LogP contribution in [0.3, 0.4) is 0 Å². The maximum absolute atomic E-state index is 11.3. The predicted octanol–water partition coefficient (Wildman–Crippen LogP) is 2.72. The van der Waals surface area contributed by atoms with Crippen LogP contribution in [0.1, 0.15) is 22.8 Å². The summed E-state index contributed by atoms with van der Waals surface area (Å²) in [4.78, 5) is 11.3. The van der Waals surface area contributed by atoms with Crippen LogP contribution in [-0.2, 0) is 0 Å². The Hall–Kier alpha value is -1.57. The number of hydrogen-bond donors (Lipinski definition) is 0. The number of nitrogens with zero attached hydrogens (tertiary/aromatic N) is 3. The van der Waals surface area contributed by atoms with E-state index in [1.165, 1.54) is 23.7 Å². The predicted molar refractivity (Wildman–Crippen MR) is 59.9 cm³/mol. The zero-order valence-electron chi connectivity index (χ0n) is 8.16. The number of halogens is 2. The first-order valence-corrected chi connectivity index (χ1v) is 5.08. The molecule has 0 unspecified atom stereocenters. The molecule has 80 valence electrons.